The fourth-order valence-electron chi connectivity index (χ4n) is 1.77. The maximum atomic E-state index is 11.6. The van der Waals surface area contributed by atoms with Crippen LogP contribution >= 0.6 is 0 Å². The second-order valence-corrected chi connectivity index (χ2v) is 3.78. The highest BCUT2D eigenvalue weighted by molar-refractivity contribution is 5.66. The lowest BCUT2D eigenvalue weighted by atomic mass is 10.1. The van der Waals surface area contributed by atoms with E-state index in [4.69, 9.17) is 4.74 Å². The summed E-state index contributed by atoms with van der Waals surface area (Å²) in [4.78, 5) is 11.6. The Morgan fingerprint density at radius 1 is 1.12 bits per heavy atom. The Morgan fingerprint density at radius 2 is 1.71 bits per heavy atom. The van der Waals surface area contributed by atoms with E-state index in [0.29, 0.717) is 5.69 Å². The second kappa shape index (κ2) is 4.01. The lowest BCUT2D eigenvalue weighted by molar-refractivity contribution is 0.415. The van der Waals surface area contributed by atoms with Crippen molar-refractivity contribution in [2.24, 2.45) is 14.1 Å². The second-order valence-electron chi connectivity index (χ2n) is 3.78. The van der Waals surface area contributed by atoms with E-state index in [9.17, 15) is 9.90 Å². The molecule has 0 aliphatic carbocycles. The number of hydrogen-bond acceptors (Lipinski definition) is 3. The highest BCUT2D eigenvalue weighted by Gasteiger charge is 2.16. The molecule has 1 N–H and O–H groups in total. The molecule has 0 radical (unpaired) electrons. The minimum atomic E-state index is -0.404. The Labute approximate surface area is 98.5 Å². The van der Waals surface area contributed by atoms with Crippen molar-refractivity contribution in [3.8, 4) is 22.8 Å². The first-order chi connectivity index (χ1) is 8.06. The monoisotopic (exact) mass is 234 g/mol. The average Bonchev–Trinajstić information content (AvgIpc) is 2.54. The first-order valence-electron chi connectivity index (χ1n) is 5.15. The number of rotatable bonds is 2. The van der Waals surface area contributed by atoms with Crippen LogP contribution < -0.4 is 10.3 Å². The van der Waals surface area contributed by atoms with Crippen LogP contribution in [0.4, 0.5) is 0 Å². The molecule has 0 saturated carbocycles. The third-order valence-corrected chi connectivity index (χ3v) is 2.86. The number of methoxy groups -OCH3 is 1. The van der Waals surface area contributed by atoms with E-state index in [1.165, 1.54) is 4.68 Å². The summed E-state index contributed by atoms with van der Waals surface area (Å²) in [7, 11) is 4.92. The quantitative estimate of drug-likeness (QED) is 0.846. The molecular weight excluding hydrogens is 220 g/mol. The minimum Gasteiger partial charge on any atom is -0.501 e. The van der Waals surface area contributed by atoms with E-state index in [2.05, 4.69) is 0 Å². The molecule has 1 heterocycles. The Hall–Kier alpha value is -2.17. The zero-order valence-electron chi connectivity index (χ0n) is 9.97. The molecule has 0 unspecified atom stereocenters. The molecule has 0 fully saturated rings. The molecule has 2 rings (SSSR count). The zero-order valence-corrected chi connectivity index (χ0v) is 9.97. The third-order valence-electron chi connectivity index (χ3n) is 2.86. The number of ether oxygens (including phenoxy) is 1. The molecule has 5 heteroatoms. The summed E-state index contributed by atoms with van der Waals surface area (Å²) in [5.74, 6) is 0.495. The molecule has 1 aromatic heterocycles. The van der Waals surface area contributed by atoms with Crippen molar-refractivity contribution in [3.05, 3.63) is 34.6 Å². The molecule has 0 amide bonds. The minimum absolute atomic E-state index is 0.236. The van der Waals surface area contributed by atoms with Gasteiger partial charge < -0.3 is 9.84 Å². The van der Waals surface area contributed by atoms with Crippen LogP contribution in [0.1, 0.15) is 0 Å². The van der Waals surface area contributed by atoms with Gasteiger partial charge in [-0.15, -0.1) is 0 Å². The number of benzene rings is 1. The normalized spacial score (nSPS) is 10.5. The van der Waals surface area contributed by atoms with Gasteiger partial charge in [0.1, 0.15) is 11.4 Å². The van der Waals surface area contributed by atoms with Crippen LogP contribution in [0.25, 0.3) is 11.3 Å². The van der Waals surface area contributed by atoms with Gasteiger partial charge >= 0.3 is 5.56 Å². The molecule has 0 spiro atoms. The fourth-order valence-corrected chi connectivity index (χ4v) is 1.77. The summed E-state index contributed by atoms with van der Waals surface area (Å²) < 4.78 is 8.02. The number of aromatic hydroxyl groups is 1. The maximum Gasteiger partial charge on any atom is 0.309 e. The Bertz CT molecular complexity index is 593. The zero-order chi connectivity index (χ0) is 12.6. The third kappa shape index (κ3) is 1.69. The van der Waals surface area contributed by atoms with E-state index in [1.807, 2.05) is 0 Å². The molecule has 0 aliphatic rings. The first-order valence-corrected chi connectivity index (χ1v) is 5.15. The molecule has 0 aliphatic heterocycles. The molecule has 0 bridgehead atoms. The maximum absolute atomic E-state index is 11.6. The van der Waals surface area contributed by atoms with Crippen LogP contribution in [0.5, 0.6) is 11.5 Å². The van der Waals surface area contributed by atoms with E-state index < -0.39 is 5.56 Å². The summed E-state index contributed by atoms with van der Waals surface area (Å²) in [6.07, 6.45) is 0. The van der Waals surface area contributed by atoms with Crippen molar-refractivity contribution in [1.29, 1.82) is 0 Å². The number of hydrogen-bond donors (Lipinski definition) is 1. The molecule has 2 aromatic rings. The largest absolute Gasteiger partial charge is 0.501 e. The Kier molecular flexibility index (Phi) is 2.67. The Morgan fingerprint density at radius 3 is 2.12 bits per heavy atom. The van der Waals surface area contributed by atoms with E-state index >= 15 is 0 Å². The highest BCUT2D eigenvalue weighted by atomic mass is 16.5. The summed E-state index contributed by atoms with van der Waals surface area (Å²) in [6.45, 7) is 0. The van der Waals surface area contributed by atoms with E-state index in [1.54, 1.807) is 50.2 Å². The molecule has 5 nitrogen and oxygen atoms in total. The number of aromatic nitrogens is 2. The van der Waals surface area contributed by atoms with Crippen LogP contribution in [0.3, 0.4) is 0 Å². The standard InChI is InChI=1S/C12H14N2O3/c1-13-10(11(15)12(16)14(13)2)8-4-6-9(17-3)7-5-8/h4-7,15H,1-3H3. The van der Waals surface area contributed by atoms with Gasteiger partial charge in [0.25, 0.3) is 0 Å². The lowest BCUT2D eigenvalue weighted by Gasteiger charge is -2.06. The van der Waals surface area contributed by atoms with Crippen LogP contribution in [0.15, 0.2) is 29.1 Å². The molecule has 17 heavy (non-hydrogen) atoms. The number of nitrogens with zero attached hydrogens (tertiary/aromatic N) is 2. The SMILES string of the molecule is COc1ccc(-c2c(O)c(=O)n(C)n2C)cc1. The van der Waals surface area contributed by atoms with Gasteiger partial charge in [0.2, 0.25) is 5.75 Å². The predicted molar refractivity (Wildman–Crippen MR) is 64.3 cm³/mol. The molecule has 90 valence electrons. The van der Waals surface area contributed by atoms with E-state index in [0.717, 1.165) is 11.3 Å². The Balaban J connectivity index is 2.60. The first kappa shape index (κ1) is 11.3. The van der Waals surface area contributed by atoms with Crippen molar-refractivity contribution >= 4 is 0 Å². The van der Waals surface area contributed by atoms with Crippen molar-refractivity contribution in [2.45, 2.75) is 0 Å². The molecular formula is C12H14N2O3. The average molecular weight is 234 g/mol. The smallest absolute Gasteiger partial charge is 0.309 e. The van der Waals surface area contributed by atoms with Gasteiger partial charge in [-0.1, -0.05) is 0 Å². The van der Waals surface area contributed by atoms with Crippen molar-refractivity contribution in [1.82, 2.24) is 9.36 Å². The van der Waals surface area contributed by atoms with Crippen molar-refractivity contribution in [2.75, 3.05) is 7.11 Å². The van der Waals surface area contributed by atoms with Gasteiger partial charge in [-0.3, -0.25) is 14.2 Å². The molecule has 1 aromatic carbocycles. The summed E-state index contributed by atoms with van der Waals surface area (Å²) >= 11 is 0. The van der Waals surface area contributed by atoms with Gasteiger partial charge in [-0.2, -0.15) is 0 Å². The van der Waals surface area contributed by atoms with E-state index in [-0.39, 0.29) is 5.75 Å². The van der Waals surface area contributed by atoms with Gasteiger partial charge in [0, 0.05) is 19.7 Å². The lowest BCUT2D eigenvalue weighted by Crippen LogP contribution is -2.16. The molecule has 0 atom stereocenters. The summed E-state index contributed by atoms with van der Waals surface area (Å²) in [5, 5.41) is 9.79. The molecule has 0 saturated heterocycles. The van der Waals surface area contributed by atoms with Crippen LogP contribution in [-0.4, -0.2) is 21.6 Å². The van der Waals surface area contributed by atoms with Crippen LogP contribution in [-0.2, 0) is 14.1 Å². The van der Waals surface area contributed by atoms with Gasteiger partial charge in [-0.05, 0) is 24.3 Å². The van der Waals surface area contributed by atoms with Gasteiger partial charge in [0.15, 0.2) is 0 Å². The summed E-state index contributed by atoms with van der Waals surface area (Å²) in [5.41, 5.74) is 0.863. The van der Waals surface area contributed by atoms with Gasteiger partial charge in [-0.25, -0.2) is 0 Å². The predicted octanol–water partition coefficient (Wildman–Crippen LogP) is 1.10. The summed E-state index contributed by atoms with van der Waals surface area (Å²) in [6, 6.07) is 7.17. The van der Waals surface area contributed by atoms with Crippen LogP contribution in [0.2, 0.25) is 0 Å². The van der Waals surface area contributed by atoms with Gasteiger partial charge in [0.05, 0.1) is 7.11 Å². The highest BCUT2D eigenvalue weighted by Crippen LogP contribution is 2.27. The van der Waals surface area contributed by atoms with Crippen LogP contribution in [0, 0.1) is 0 Å². The fraction of sp³-hybridized carbons (Fsp3) is 0.250. The van der Waals surface area contributed by atoms with Crippen molar-refractivity contribution < 1.29 is 9.84 Å². The topological polar surface area (TPSA) is 56.4 Å². The van der Waals surface area contributed by atoms with Crippen molar-refractivity contribution in [3.63, 3.8) is 0 Å².